The van der Waals surface area contributed by atoms with Crippen LogP contribution < -0.4 is 10.6 Å². The molecular weight excluding hydrogens is 452 g/mol. The number of para-hydroxylation sites is 1. The minimum Gasteiger partial charge on any atom is -0.353 e. The Bertz CT molecular complexity index is 1250. The highest BCUT2D eigenvalue weighted by Gasteiger charge is 2.34. The van der Waals surface area contributed by atoms with E-state index in [2.05, 4.69) is 21.7 Å². The van der Waals surface area contributed by atoms with Gasteiger partial charge in [-0.3, -0.25) is 9.78 Å². The zero-order valence-electron chi connectivity index (χ0n) is 17.9. The van der Waals surface area contributed by atoms with E-state index >= 15 is 0 Å². The number of nitrogens with zero attached hydrogens (tertiary/aromatic N) is 2. The van der Waals surface area contributed by atoms with E-state index in [0.717, 1.165) is 16.2 Å². The van der Waals surface area contributed by atoms with Crippen LogP contribution in [0.5, 0.6) is 0 Å². The molecule has 33 heavy (non-hydrogen) atoms. The fraction of sp³-hybridized carbons (Fsp3) is 0.115. The number of nitrogens with one attached hydrogen (secondary N) is 2. The van der Waals surface area contributed by atoms with Gasteiger partial charge < -0.3 is 10.6 Å². The minimum atomic E-state index is -0.504. The molecule has 0 bridgehead atoms. The van der Waals surface area contributed by atoms with Gasteiger partial charge in [0, 0.05) is 40.1 Å². The molecule has 0 fully saturated rings. The average Bonchev–Trinajstić information content (AvgIpc) is 2.84. The molecule has 164 valence electrons. The molecule has 7 heteroatoms. The van der Waals surface area contributed by atoms with Gasteiger partial charge in [-0.05, 0) is 54.4 Å². The van der Waals surface area contributed by atoms with Crippen LogP contribution in [0.25, 0.3) is 0 Å². The Morgan fingerprint density at radius 1 is 1.12 bits per heavy atom. The van der Waals surface area contributed by atoms with Crippen molar-refractivity contribution in [3.05, 3.63) is 117 Å². The first kappa shape index (κ1) is 22.7. The van der Waals surface area contributed by atoms with Crippen LogP contribution in [0, 0.1) is 11.3 Å². The fourth-order valence-corrected chi connectivity index (χ4v) is 4.85. The lowest BCUT2D eigenvalue weighted by atomic mass is 9.82. The molecule has 2 heterocycles. The van der Waals surface area contributed by atoms with E-state index in [1.54, 1.807) is 12.4 Å². The van der Waals surface area contributed by atoms with Crippen molar-refractivity contribution in [2.75, 3.05) is 5.32 Å². The number of hydrogen-bond acceptors (Lipinski definition) is 5. The number of carbonyl (C=O) groups is 1. The Kier molecular flexibility index (Phi) is 7.13. The van der Waals surface area contributed by atoms with Crippen LogP contribution in [-0.4, -0.2) is 10.9 Å². The Balaban J connectivity index is 1.69. The summed E-state index contributed by atoms with van der Waals surface area (Å²) in [5.41, 5.74) is 4.35. The first-order valence-electron chi connectivity index (χ1n) is 10.3. The van der Waals surface area contributed by atoms with E-state index in [4.69, 9.17) is 11.6 Å². The summed E-state index contributed by atoms with van der Waals surface area (Å²) in [6.07, 6.45) is 3.35. The van der Waals surface area contributed by atoms with Gasteiger partial charge in [-0.1, -0.05) is 41.9 Å². The van der Waals surface area contributed by atoms with Crippen LogP contribution in [0.15, 0.2) is 101 Å². The number of carbonyl (C=O) groups excluding carboxylic acids is 1. The number of dihydropyridines is 1. The molecule has 0 spiro atoms. The number of allylic oxidation sites excluding steroid dienone is 2. The molecule has 1 atom stereocenters. The SMILES string of the molecule is CC1=C(C(=O)Nc2ccccc2)C(c2ccncc2)C(C#N)=C(SCc2ccc(Cl)cc2)N1. The largest absolute Gasteiger partial charge is 0.353 e. The van der Waals surface area contributed by atoms with Crippen molar-refractivity contribution in [3.63, 3.8) is 0 Å². The van der Waals surface area contributed by atoms with E-state index < -0.39 is 5.92 Å². The van der Waals surface area contributed by atoms with E-state index in [1.165, 1.54) is 11.8 Å². The van der Waals surface area contributed by atoms with Crippen LogP contribution in [0.3, 0.4) is 0 Å². The summed E-state index contributed by atoms with van der Waals surface area (Å²) < 4.78 is 0. The van der Waals surface area contributed by atoms with E-state index in [1.807, 2.05) is 73.7 Å². The highest BCUT2D eigenvalue weighted by atomic mass is 35.5. The molecule has 0 aliphatic carbocycles. The van der Waals surface area contributed by atoms with Crippen LogP contribution >= 0.6 is 23.4 Å². The minimum absolute atomic E-state index is 0.248. The summed E-state index contributed by atoms with van der Waals surface area (Å²) in [6.45, 7) is 1.87. The van der Waals surface area contributed by atoms with Gasteiger partial charge >= 0.3 is 0 Å². The Hall–Kier alpha value is -3.53. The number of thioether (sulfide) groups is 1. The molecule has 2 N–H and O–H groups in total. The van der Waals surface area contributed by atoms with Crippen molar-refractivity contribution in [2.45, 2.75) is 18.6 Å². The van der Waals surface area contributed by atoms with Gasteiger partial charge in [0.25, 0.3) is 5.91 Å². The Labute approximate surface area is 202 Å². The monoisotopic (exact) mass is 472 g/mol. The predicted molar refractivity (Wildman–Crippen MR) is 133 cm³/mol. The normalized spacial score (nSPS) is 15.6. The number of hydrogen-bond donors (Lipinski definition) is 2. The van der Waals surface area contributed by atoms with Gasteiger partial charge in [-0.25, -0.2) is 0 Å². The molecule has 0 saturated carbocycles. The second-order valence-electron chi connectivity index (χ2n) is 7.47. The third-order valence-electron chi connectivity index (χ3n) is 5.26. The number of rotatable bonds is 6. The number of aromatic nitrogens is 1. The molecule has 1 amide bonds. The van der Waals surface area contributed by atoms with Crippen molar-refractivity contribution in [2.24, 2.45) is 0 Å². The van der Waals surface area contributed by atoms with Gasteiger partial charge in [-0.15, -0.1) is 11.8 Å². The van der Waals surface area contributed by atoms with Crippen molar-refractivity contribution in [1.29, 1.82) is 5.26 Å². The molecule has 0 radical (unpaired) electrons. The summed E-state index contributed by atoms with van der Waals surface area (Å²) in [6, 6.07) is 23.0. The summed E-state index contributed by atoms with van der Waals surface area (Å²) in [4.78, 5) is 17.5. The maximum Gasteiger partial charge on any atom is 0.254 e. The maximum absolute atomic E-state index is 13.4. The topological polar surface area (TPSA) is 77.8 Å². The predicted octanol–water partition coefficient (Wildman–Crippen LogP) is 6.00. The molecule has 3 aromatic rings. The zero-order chi connectivity index (χ0) is 23.2. The molecule has 2 aromatic carbocycles. The highest BCUT2D eigenvalue weighted by Crippen LogP contribution is 2.41. The molecule has 1 aliphatic heterocycles. The van der Waals surface area contributed by atoms with Gasteiger partial charge in [0.1, 0.15) is 0 Å². The van der Waals surface area contributed by atoms with Gasteiger partial charge in [0.15, 0.2) is 0 Å². The number of nitriles is 1. The second-order valence-corrected chi connectivity index (χ2v) is 8.89. The average molecular weight is 473 g/mol. The van der Waals surface area contributed by atoms with Gasteiger partial charge in [0.05, 0.1) is 22.6 Å². The van der Waals surface area contributed by atoms with E-state index in [0.29, 0.717) is 33.3 Å². The Morgan fingerprint density at radius 3 is 2.48 bits per heavy atom. The van der Waals surface area contributed by atoms with Crippen molar-refractivity contribution in [3.8, 4) is 6.07 Å². The number of amides is 1. The lowest BCUT2D eigenvalue weighted by Gasteiger charge is -2.30. The third-order valence-corrected chi connectivity index (χ3v) is 6.60. The van der Waals surface area contributed by atoms with Crippen molar-refractivity contribution >= 4 is 35.0 Å². The first-order chi connectivity index (χ1) is 16.1. The molecule has 1 aromatic heterocycles. The maximum atomic E-state index is 13.4. The second kappa shape index (κ2) is 10.4. The van der Waals surface area contributed by atoms with E-state index in [-0.39, 0.29) is 5.91 Å². The molecule has 1 aliphatic rings. The number of pyridine rings is 1. The highest BCUT2D eigenvalue weighted by molar-refractivity contribution is 8.02. The lowest BCUT2D eigenvalue weighted by Crippen LogP contribution is -2.30. The third kappa shape index (κ3) is 5.28. The Morgan fingerprint density at radius 2 is 1.82 bits per heavy atom. The molecular formula is C26H21ClN4OS. The summed E-state index contributed by atoms with van der Waals surface area (Å²) in [5.74, 6) is -0.0924. The summed E-state index contributed by atoms with van der Waals surface area (Å²) in [5, 5.41) is 17.8. The first-order valence-corrected chi connectivity index (χ1v) is 11.7. The van der Waals surface area contributed by atoms with Gasteiger partial charge in [0.2, 0.25) is 0 Å². The number of halogens is 1. The van der Waals surface area contributed by atoms with Crippen molar-refractivity contribution in [1.82, 2.24) is 10.3 Å². The molecule has 5 nitrogen and oxygen atoms in total. The quantitative estimate of drug-likeness (QED) is 0.459. The van der Waals surface area contributed by atoms with Crippen LogP contribution in [0.2, 0.25) is 5.02 Å². The summed E-state index contributed by atoms with van der Waals surface area (Å²) in [7, 11) is 0. The summed E-state index contributed by atoms with van der Waals surface area (Å²) >= 11 is 7.53. The van der Waals surface area contributed by atoms with Gasteiger partial charge in [-0.2, -0.15) is 5.26 Å². The lowest BCUT2D eigenvalue weighted by molar-refractivity contribution is -0.113. The van der Waals surface area contributed by atoms with Crippen molar-refractivity contribution < 1.29 is 4.79 Å². The number of anilines is 1. The van der Waals surface area contributed by atoms with Crippen LogP contribution in [0.4, 0.5) is 5.69 Å². The molecule has 4 rings (SSSR count). The van der Waals surface area contributed by atoms with Crippen LogP contribution in [0.1, 0.15) is 24.0 Å². The smallest absolute Gasteiger partial charge is 0.254 e. The van der Waals surface area contributed by atoms with Crippen LogP contribution in [-0.2, 0) is 10.5 Å². The zero-order valence-corrected chi connectivity index (χ0v) is 19.5. The number of benzene rings is 2. The van der Waals surface area contributed by atoms with E-state index in [9.17, 15) is 10.1 Å². The standard InChI is InChI=1S/C26H21ClN4OS/c1-17-23(25(32)31-21-5-3-2-4-6-21)24(19-11-13-29-14-12-19)22(15-28)26(30-17)33-16-18-7-9-20(27)10-8-18/h2-14,24,30H,16H2,1H3,(H,31,32). The fourth-order valence-electron chi connectivity index (χ4n) is 3.67. The molecule has 0 saturated heterocycles. The molecule has 1 unspecified atom stereocenters.